The van der Waals surface area contributed by atoms with Crippen molar-refractivity contribution in [2.24, 2.45) is 5.92 Å². The van der Waals surface area contributed by atoms with Gasteiger partial charge in [-0.05, 0) is 25.2 Å². The van der Waals surface area contributed by atoms with E-state index in [-0.39, 0.29) is 19.8 Å². The Morgan fingerprint density at radius 3 is 1.75 bits per heavy atom. The van der Waals surface area contributed by atoms with Crippen LogP contribution in [0.25, 0.3) is 0 Å². The zero-order chi connectivity index (χ0) is 12.8. The van der Waals surface area contributed by atoms with Crippen LogP contribution in [0.2, 0.25) is 0 Å². The number of hydrogen-bond acceptors (Lipinski definition) is 4. The molecule has 0 saturated carbocycles. The number of aliphatic hydroxyl groups is 4. The van der Waals surface area contributed by atoms with Gasteiger partial charge >= 0.3 is 0 Å². The van der Waals surface area contributed by atoms with E-state index in [1.807, 2.05) is 6.92 Å². The van der Waals surface area contributed by atoms with Crippen molar-refractivity contribution in [3.05, 3.63) is 0 Å². The van der Waals surface area contributed by atoms with E-state index in [0.717, 1.165) is 32.1 Å². The van der Waals surface area contributed by atoms with Crippen molar-refractivity contribution in [3.8, 4) is 0 Å². The SMILES string of the molecule is CC(CCO)CCO.CCCCC(O)CO. The predicted molar refractivity (Wildman–Crippen MR) is 65.2 cm³/mol. The Balaban J connectivity index is 0. The molecule has 0 amide bonds. The van der Waals surface area contributed by atoms with Crippen molar-refractivity contribution < 1.29 is 20.4 Å². The van der Waals surface area contributed by atoms with Crippen LogP contribution in [0.15, 0.2) is 0 Å². The average molecular weight is 236 g/mol. The van der Waals surface area contributed by atoms with Crippen molar-refractivity contribution >= 4 is 0 Å². The molecular formula is C12H28O4. The molecule has 0 saturated heterocycles. The van der Waals surface area contributed by atoms with Gasteiger partial charge in [0.05, 0.1) is 12.7 Å². The molecular weight excluding hydrogens is 208 g/mol. The molecule has 0 rings (SSSR count). The molecule has 4 N–H and O–H groups in total. The minimum atomic E-state index is -0.491. The van der Waals surface area contributed by atoms with Gasteiger partial charge in [0.15, 0.2) is 0 Å². The molecule has 16 heavy (non-hydrogen) atoms. The summed E-state index contributed by atoms with van der Waals surface area (Å²) in [5, 5.41) is 33.8. The quantitative estimate of drug-likeness (QED) is 0.505. The highest BCUT2D eigenvalue weighted by Gasteiger charge is 1.98. The Kier molecular flexibility index (Phi) is 16.9. The minimum absolute atomic E-state index is 0.0972. The molecule has 0 aromatic heterocycles. The van der Waals surface area contributed by atoms with Crippen LogP contribution in [-0.2, 0) is 0 Å². The molecule has 0 aromatic rings. The first-order valence-electron chi connectivity index (χ1n) is 6.12. The zero-order valence-corrected chi connectivity index (χ0v) is 10.6. The summed E-state index contributed by atoms with van der Waals surface area (Å²) in [7, 11) is 0. The minimum Gasteiger partial charge on any atom is -0.396 e. The Labute approximate surface area is 98.9 Å². The summed E-state index contributed by atoms with van der Waals surface area (Å²) in [6, 6.07) is 0. The van der Waals surface area contributed by atoms with Gasteiger partial charge < -0.3 is 20.4 Å². The maximum atomic E-state index is 8.74. The van der Waals surface area contributed by atoms with Gasteiger partial charge in [0.1, 0.15) is 0 Å². The van der Waals surface area contributed by atoms with Crippen LogP contribution in [0.5, 0.6) is 0 Å². The fourth-order valence-electron chi connectivity index (χ4n) is 1.12. The third-order valence-electron chi connectivity index (χ3n) is 2.35. The molecule has 0 aliphatic heterocycles. The van der Waals surface area contributed by atoms with Gasteiger partial charge in [0, 0.05) is 13.2 Å². The molecule has 0 heterocycles. The second kappa shape index (κ2) is 14.8. The van der Waals surface area contributed by atoms with Crippen LogP contribution in [-0.4, -0.2) is 46.4 Å². The number of aliphatic hydroxyl groups excluding tert-OH is 4. The molecule has 1 unspecified atom stereocenters. The van der Waals surface area contributed by atoms with E-state index in [4.69, 9.17) is 20.4 Å². The summed E-state index contributed by atoms with van der Waals surface area (Å²) in [4.78, 5) is 0. The van der Waals surface area contributed by atoms with Crippen molar-refractivity contribution in [1.82, 2.24) is 0 Å². The normalized spacial score (nSPS) is 12.2. The first-order valence-corrected chi connectivity index (χ1v) is 6.12. The van der Waals surface area contributed by atoms with Crippen molar-refractivity contribution in [3.63, 3.8) is 0 Å². The second-order valence-corrected chi connectivity index (χ2v) is 4.11. The molecule has 0 aliphatic carbocycles. The van der Waals surface area contributed by atoms with Crippen LogP contribution in [0.4, 0.5) is 0 Å². The van der Waals surface area contributed by atoms with Gasteiger partial charge in [-0.15, -0.1) is 0 Å². The van der Waals surface area contributed by atoms with Gasteiger partial charge in [-0.25, -0.2) is 0 Å². The summed E-state index contributed by atoms with van der Waals surface area (Å²) >= 11 is 0. The molecule has 0 bridgehead atoms. The van der Waals surface area contributed by atoms with Crippen LogP contribution in [0.1, 0.15) is 46.0 Å². The topological polar surface area (TPSA) is 80.9 Å². The third-order valence-corrected chi connectivity index (χ3v) is 2.35. The number of hydrogen-bond donors (Lipinski definition) is 4. The highest BCUT2D eigenvalue weighted by atomic mass is 16.3. The van der Waals surface area contributed by atoms with E-state index < -0.39 is 6.10 Å². The van der Waals surface area contributed by atoms with Crippen LogP contribution < -0.4 is 0 Å². The standard InChI is InChI=1S/2C6H14O2/c1-6(2-4-7)3-5-8;1-2-3-4-6(8)5-7/h2*6-8H,2-5H2,1H3. The fourth-order valence-corrected chi connectivity index (χ4v) is 1.12. The molecule has 100 valence electrons. The van der Waals surface area contributed by atoms with E-state index in [1.54, 1.807) is 0 Å². The Morgan fingerprint density at radius 1 is 0.938 bits per heavy atom. The summed E-state index contributed by atoms with van der Waals surface area (Å²) in [6.07, 6.45) is 3.93. The Hall–Kier alpha value is -0.160. The van der Waals surface area contributed by atoms with Gasteiger partial charge in [-0.1, -0.05) is 26.7 Å². The zero-order valence-electron chi connectivity index (χ0n) is 10.6. The lowest BCUT2D eigenvalue weighted by Gasteiger charge is -2.04. The summed E-state index contributed by atoms with van der Waals surface area (Å²) < 4.78 is 0. The van der Waals surface area contributed by atoms with Crippen molar-refractivity contribution in [2.75, 3.05) is 19.8 Å². The number of unbranched alkanes of at least 4 members (excludes halogenated alkanes) is 1. The smallest absolute Gasteiger partial charge is 0.0770 e. The van der Waals surface area contributed by atoms with E-state index in [0.29, 0.717) is 5.92 Å². The van der Waals surface area contributed by atoms with Crippen LogP contribution in [0.3, 0.4) is 0 Å². The molecule has 0 fully saturated rings. The fraction of sp³-hybridized carbons (Fsp3) is 1.00. The molecule has 4 heteroatoms. The predicted octanol–water partition coefficient (Wildman–Crippen LogP) is 0.917. The molecule has 0 aromatic carbocycles. The van der Waals surface area contributed by atoms with E-state index in [9.17, 15) is 0 Å². The maximum Gasteiger partial charge on any atom is 0.0770 e. The summed E-state index contributed by atoms with van der Waals surface area (Å²) in [5.41, 5.74) is 0. The highest BCUT2D eigenvalue weighted by Crippen LogP contribution is 2.04. The van der Waals surface area contributed by atoms with Gasteiger partial charge in [-0.3, -0.25) is 0 Å². The van der Waals surface area contributed by atoms with Gasteiger partial charge in [0.25, 0.3) is 0 Å². The van der Waals surface area contributed by atoms with Gasteiger partial charge in [0.2, 0.25) is 0 Å². The lowest BCUT2D eigenvalue weighted by Crippen LogP contribution is -2.10. The lowest BCUT2D eigenvalue weighted by molar-refractivity contribution is 0.0865. The molecule has 0 radical (unpaired) electrons. The van der Waals surface area contributed by atoms with Crippen LogP contribution >= 0.6 is 0 Å². The monoisotopic (exact) mass is 236 g/mol. The second-order valence-electron chi connectivity index (χ2n) is 4.11. The average Bonchev–Trinajstić information content (AvgIpc) is 2.27. The Bertz CT molecular complexity index is 114. The summed E-state index contributed by atoms with van der Waals surface area (Å²) in [6.45, 7) is 4.46. The largest absolute Gasteiger partial charge is 0.396 e. The van der Waals surface area contributed by atoms with Crippen LogP contribution in [0, 0.1) is 5.92 Å². The maximum absolute atomic E-state index is 8.74. The first-order chi connectivity index (χ1) is 7.62. The molecule has 1 atom stereocenters. The molecule has 4 nitrogen and oxygen atoms in total. The van der Waals surface area contributed by atoms with Crippen molar-refractivity contribution in [2.45, 2.75) is 52.1 Å². The third kappa shape index (κ3) is 16.3. The van der Waals surface area contributed by atoms with E-state index in [1.165, 1.54) is 0 Å². The number of rotatable bonds is 8. The molecule has 0 spiro atoms. The molecule has 0 aliphatic rings. The van der Waals surface area contributed by atoms with Crippen molar-refractivity contribution in [1.29, 1.82) is 0 Å². The Morgan fingerprint density at radius 2 is 1.44 bits per heavy atom. The first kappa shape index (κ1) is 18.2. The van der Waals surface area contributed by atoms with Gasteiger partial charge in [-0.2, -0.15) is 0 Å². The lowest BCUT2D eigenvalue weighted by atomic mass is 10.1. The highest BCUT2D eigenvalue weighted by molar-refractivity contribution is 4.50. The summed E-state index contributed by atoms with van der Waals surface area (Å²) in [5.74, 6) is 0.463. The van der Waals surface area contributed by atoms with E-state index >= 15 is 0 Å². The van der Waals surface area contributed by atoms with E-state index in [2.05, 4.69) is 6.92 Å².